The van der Waals surface area contributed by atoms with E-state index in [4.69, 9.17) is 14.6 Å². The van der Waals surface area contributed by atoms with Gasteiger partial charge in [-0.2, -0.15) is 5.10 Å². The van der Waals surface area contributed by atoms with E-state index >= 15 is 0 Å². The number of rotatable bonds is 5. The normalized spacial score (nSPS) is 12.0. The minimum atomic E-state index is -0.938. The molecule has 0 aliphatic carbocycles. The number of aliphatic carboxylic acids is 1. The second-order valence-electron chi connectivity index (χ2n) is 4.77. The number of methoxy groups -OCH3 is 2. The van der Waals surface area contributed by atoms with E-state index in [9.17, 15) is 4.79 Å². The molecule has 1 N–H and O–H groups in total. The fraction of sp³-hybridized carbons (Fsp3) is 0.333. The van der Waals surface area contributed by atoms with Crippen LogP contribution in [0.2, 0.25) is 0 Å². The zero-order chi connectivity index (χ0) is 15.6. The Hall–Kier alpha value is -2.50. The Labute approximate surface area is 122 Å². The van der Waals surface area contributed by atoms with Gasteiger partial charge < -0.3 is 14.6 Å². The summed E-state index contributed by atoms with van der Waals surface area (Å²) in [5.74, 6) is 0.385. The molecule has 112 valence electrons. The molecule has 1 aromatic heterocycles. The number of aryl methyl sites for hydroxylation is 1. The molecule has 0 aliphatic heterocycles. The van der Waals surface area contributed by atoms with Crippen molar-refractivity contribution in [3.8, 4) is 22.6 Å². The van der Waals surface area contributed by atoms with Gasteiger partial charge >= 0.3 is 5.97 Å². The average molecular weight is 290 g/mol. The summed E-state index contributed by atoms with van der Waals surface area (Å²) >= 11 is 0. The second-order valence-corrected chi connectivity index (χ2v) is 4.77. The molecule has 1 atom stereocenters. The van der Waals surface area contributed by atoms with Gasteiger partial charge in [-0.15, -0.1) is 0 Å². The molecule has 6 heteroatoms. The van der Waals surface area contributed by atoms with Crippen molar-refractivity contribution in [2.24, 2.45) is 0 Å². The number of carboxylic acids is 1. The number of hydrogen-bond donors (Lipinski definition) is 1. The first-order valence-electron chi connectivity index (χ1n) is 6.48. The predicted octanol–water partition coefficient (Wildman–Crippen LogP) is 2.52. The highest BCUT2D eigenvalue weighted by molar-refractivity contribution is 5.77. The predicted molar refractivity (Wildman–Crippen MR) is 77.9 cm³/mol. The Kier molecular flexibility index (Phi) is 4.16. The number of ether oxygens (including phenoxy) is 2. The van der Waals surface area contributed by atoms with Crippen LogP contribution < -0.4 is 9.47 Å². The standard InChI is InChI=1S/C15H18N2O4/c1-9-5-12(20-3)14(13(6-9)21-4)11-7-16-17(8-11)10(2)15(18)19/h5-8,10H,1-4H3,(H,18,19)/t10-/m1/s1. The van der Waals surface area contributed by atoms with Crippen LogP contribution in [-0.4, -0.2) is 35.1 Å². The van der Waals surface area contributed by atoms with Crippen molar-refractivity contribution < 1.29 is 19.4 Å². The number of hydrogen-bond acceptors (Lipinski definition) is 4. The Bertz CT molecular complexity index is 638. The molecular formula is C15H18N2O4. The molecule has 2 rings (SSSR count). The van der Waals surface area contributed by atoms with E-state index in [0.29, 0.717) is 11.5 Å². The summed E-state index contributed by atoms with van der Waals surface area (Å²) in [5, 5.41) is 13.2. The minimum Gasteiger partial charge on any atom is -0.496 e. The third-order valence-corrected chi connectivity index (χ3v) is 3.29. The fourth-order valence-corrected chi connectivity index (χ4v) is 2.12. The smallest absolute Gasteiger partial charge is 0.328 e. The minimum absolute atomic E-state index is 0.661. The van der Waals surface area contributed by atoms with Crippen LogP contribution in [0, 0.1) is 6.92 Å². The van der Waals surface area contributed by atoms with E-state index in [0.717, 1.165) is 16.7 Å². The first-order chi connectivity index (χ1) is 9.97. The van der Waals surface area contributed by atoms with Crippen LogP contribution >= 0.6 is 0 Å². The molecule has 0 amide bonds. The van der Waals surface area contributed by atoms with E-state index in [1.165, 1.54) is 4.68 Å². The van der Waals surface area contributed by atoms with Gasteiger partial charge in [0.2, 0.25) is 0 Å². The summed E-state index contributed by atoms with van der Waals surface area (Å²) in [7, 11) is 3.17. The van der Waals surface area contributed by atoms with Gasteiger partial charge in [0, 0.05) is 11.8 Å². The largest absolute Gasteiger partial charge is 0.496 e. The maximum atomic E-state index is 11.0. The van der Waals surface area contributed by atoms with Crippen molar-refractivity contribution in [3.05, 3.63) is 30.1 Å². The lowest BCUT2D eigenvalue weighted by Crippen LogP contribution is -2.15. The van der Waals surface area contributed by atoms with Crippen molar-refractivity contribution in [3.63, 3.8) is 0 Å². The maximum absolute atomic E-state index is 11.0. The van der Waals surface area contributed by atoms with Crippen LogP contribution in [0.5, 0.6) is 11.5 Å². The molecule has 0 radical (unpaired) electrons. The van der Waals surface area contributed by atoms with Gasteiger partial charge in [0.1, 0.15) is 17.5 Å². The monoisotopic (exact) mass is 290 g/mol. The van der Waals surface area contributed by atoms with Gasteiger partial charge in [0.15, 0.2) is 0 Å². The van der Waals surface area contributed by atoms with Crippen LogP contribution in [0.1, 0.15) is 18.5 Å². The first-order valence-corrected chi connectivity index (χ1v) is 6.48. The number of nitrogens with zero attached hydrogens (tertiary/aromatic N) is 2. The SMILES string of the molecule is COc1cc(C)cc(OC)c1-c1cnn([C@H](C)C(=O)O)c1. The number of benzene rings is 1. The summed E-state index contributed by atoms with van der Waals surface area (Å²) in [6, 6.07) is 3.06. The van der Waals surface area contributed by atoms with E-state index in [1.807, 2.05) is 19.1 Å². The lowest BCUT2D eigenvalue weighted by atomic mass is 10.0. The molecule has 0 bridgehead atoms. The van der Waals surface area contributed by atoms with E-state index in [-0.39, 0.29) is 0 Å². The van der Waals surface area contributed by atoms with E-state index < -0.39 is 12.0 Å². The molecule has 6 nitrogen and oxygen atoms in total. The summed E-state index contributed by atoms with van der Waals surface area (Å²) in [6.07, 6.45) is 3.28. The third-order valence-electron chi connectivity index (χ3n) is 3.29. The highest BCUT2D eigenvalue weighted by Gasteiger charge is 2.19. The quantitative estimate of drug-likeness (QED) is 0.916. The maximum Gasteiger partial charge on any atom is 0.328 e. The fourth-order valence-electron chi connectivity index (χ4n) is 2.12. The van der Waals surface area contributed by atoms with Gasteiger partial charge in [-0.05, 0) is 31.5 Å². The molecule has 0 saturated heterocycles. The Morgan fingerprint density at radius 1 is 1.29 bits per heavy atom. The van der Waals surface area contributed by atoms with Crippen molar-refractivity contribution in [2.75, 3.05) is 14.2 Å². The number of carboxylic acid groups (broad SMARTS) is 1. The summed E-state index contributed by atoms with van der Waals surface area (Å²) in [4.78, 5) is 11.0. The van der Waals surface area contributed by atoms with Crippen molar-refractivity contribution >= 4 is 5.97 Å². The highest BCUT2D eigenvalue weighted by Crippen LogP contribution is 2.39. The molecule has 0 aliphatic rings. The van der Waals surface area contributed by atoms with Crippen LogP contribution in [0.4, 0.5) is 0 Å². The number of carbonyl (C=O) groups is 1. The molecular weight excluding hydrogens is 272 g/mol. The zero-order valence-electron chi connectivity index (χ0n) is 12.5. The second kappa shape index (κ2) is 5.87. The van der Waals surface area contributed by atoms with Gasteiger partial charge in [0.05, 0.1) is 26.0 Å². The highest BCUT2D eigenvalue weighted by atomic mass is 16.5. The molecule has 0 spiro atoms. The van der Waals surface area contributed by atoms with Gasteiger partial charge in [0.25, 0.3) is 0 Å². The Balaban J connectivity index is 2.54. The lowest BCUT2D eigenvalue weighted by Gasteiger charge is -2.13. The third kappa shape index (κ3) is 2.84. The lowest BCUT2D eigenvalue weighted by molar-refractivity contribution is -0.140. The van der Waals surface area contributed by atoms with Crippen molar-refractivity contribution in [1.82, 2.24) is 9.78 Å². The van der Waals surface area contributed by atoms with Crippen LogP contribution in [0.3, 0.4) is 0 Å². The van der Waals surface area contributed by atoms with E-state index in [2.05, 4.69) is 5.10 Å². The van der Waals surface area contributed by atoms with Crippen molar-refractivity contribution in [1.29, 1.82) is 0 Å². The van der Waals surface area contributed by atoms with Crippen LogP contribution in [0.25, 0.3) is 11.1 Å². The van der Waals surface area contributed by atoms with Gasteiger partial charge in [-0.3, -0.25) is 4.68 Å². The average Bonchev–Trinajstić information content (AvgIpc) is 2.94. The molecule has 0 fully saturated rings. The van der Waals surface area contributed by atoms with Gasteiger partial charge in [-0.1, -0.05) is 0 Å². The zero-order valence-corrected chi connectivity index (χ0v) is 12.5. The topological polar surface area (TPSA) is 73.6 Å². The van der Waals surface area contributed by atoms with E-state index in [1.54, 1.807) is 33.5 Å². The molecule has 2 aromatic rings. The van der Waals surface area contributed by atoms with Crippen molar-refractivity contribution in [2.45, 2.75) is 19.9 Å². The Morgan fingerprint density at radius 3 is 2.33 bits per heavy atom. The summed E-state index contributed by atoms with van der Waals surface area (Å²) in [6.45, 7) is 3.52. The number of aromatic nitrogens is 2. The molecule has 21 heavy (non-hydrogen) atoms. The molecule has 1 aromatic carbocycles. The molecule has 0 unspecified atom stereocenters. The van der Waals surface area contributed by atoms with Gasteiger partial charge in [-0.25, -0.2) is 4.79 Å². The molecule has 0 saturated carbocycles. The summed E-state index contributed by atoms with van der Waals surface area (Å²) in [5.41, 5.74) is 2.52. The molecule has 1 heterocycles. The first kappa shape index (κ1) is 14.9. The summed E-state index contributed by atoms with van der Waals surface area (Å²) < 4.78 is 12.2. The van der Waals surface area contributed by atoms with Crippen LogP contribution in [-0.2, 0) is 4.79 Å². The van der Waals surface area contributed by atoms with Crippen LogP contribution in [0.15, 0.2) is 24.5 Å². The Morgan fingerprint density at radius 2 is 1.86 bits per heavy atom.